The maximum absolute atomic E-state index is 14.8. The van der Waals surface area contributed by atoms with Crippen molar-refractivity contribution in [3.63, 3.8) is 0 Å². The molecule has 0 radical (unpaired) electrons. The third kappa shape index (κ3) is 4.61. The van der Waals surface area contributed by atoms with Crippen molar-refractivity contribution in [2.45, 2.75) is 31.7 Å². The molecule has 1 aliphatic rings. The maximum atomic E-state index is 14.8. The number of ether oxygens (including phenoxy) is 1. The van der Waals surface area contributed by atoms with Crippen LogP contribution >= 0.6 is 0 Å². The number of amides is 1. The minimum absolute atomic E-state index is 0.00210. The molecule has 2 N–H and O–H groups in total. The fourth-order valence-electron chi connectivity index (χ4n) is 4.01. The number of alkyl halides is 2. The van der Waals surface area contributed by atoms with Gasteiger partial charge >= 0.3 is 0 Å². The van der Waals surface area contributed by atoms with Crippen LogP contribution in [0.2, 0.25) is 0 Å². The minimum atomic E-state index is -2.75. The van der Waals surface area contributed by atoms with Gasteiger partial charge in [0.15, 0.2) is 0 Å². The molecule has 4 aromatic rings. The summed E-state index contributed by atoms with van der Waals surface area (Å²) in [7, 11) is 1.61. The molecule has 188 valence electrons. The summed E-state index contributed by atoms with van der Waals surface area (Å²) in [6.45, 7) is 2.78. The molecule has 0 spiro atoms. The number of halogens is 3. The van der Waals surface area contributed by atoms with E-state index in [0.717, 1.165) is 10.5 Å². The molecule has 13 heteroatoms. The lowest BCUT2D eigenvalue weighted by atomic mass is 9.89. The highest BCUT2D eigenvalue weighted by Gasteiger charge is 2.47. The lowest BCUT2D eigenvalue weighted by molar-refractivity contribution is -0.110. The monoisotopic (exact) mass is 500 g/mol. The zero-order chi connectivity index (χ0) is 25.4. The number of nitrogens with one attached hydrogen (secondary N) is 2. The molecule has 1 fully saturated rings. The van der Waals surface area contributed by atoms with Gasteiger partial charge in [0.05, 0.1) is 35.5 Å². The van der Waals surface area contributed by atoms with Gasteiger partial charge in [-0.05, 0) is 42.0 Å². The van der Waals surface area contributed by atoms with Crippen LogP contribution in [0.25, 0.3) is 16.9 Å². The van der Waals surface area contributed by atoms with Gasteiger partial charge in [-0.3, -0.25) is 4.79 Å². The van der Waals surface area contributed by atoms with Crippen LogP contribution < -0.4 is 10.6 Å². The molecule has 1 aliphatic carbocycles. The molecule has 3 heterocycles. The molecule has 36 heavy (non-hydrogen) atoms. The zero-order valence-electron chi connectivity index (χ0n) is 19.5. The lowest BCUT2D eigenvalue weighted by Gasteiger charge is -2.33. The topological polar surface area (TPSA) is 111 Å². The summed E-state index contributed by atoms with van der Waals surface area (Å²) in [5, 5.41) is 22.0. The number of anilines is 2. The summed E-state index contributed by atoms with van der Waals surface area (Å²) < 4.78 is 47.7. The first-order valence-corrected chi connectivity index (χ1v) is 11.2. The molecule has 0 bridgehead atoms. The van der Waals surface area contributed by atoms with Crippen LogP contribution in [0.1, 0.15) is 34.8 Å². The van der Waals surface area contributed by atoms with Crippen LogP contribution in [-0.2, 0) is 4.74 Å². The Labute approximate surface area is 203 Å². The Bertz CT molecular complexity index is 1430. The van der Waals surface area contributed by atoms with Crippen molar-refractivity contribution in [2.75, 3.05) is 30.9 Å². The van der Waals surface area contributed by atoms with Crippen LogP contribution in [0.5, 0.6) is 0 Å². The van der Waals surface area contributed by atoms with Crippen molar-refractivity contribution in [2.24, 2.45) is 0 Å². The third-order valence-electron chi connectivity index (χ3n) is 6.03. The molecule has 0 unspecified atom stereocenters. The van der Waals surface area contributed by atoms with Gasteiger partial charge in [-0.1, -0.05) is 0 Å². The molecular formula is C23H23F3N8O2. The smallest absolute Gasteiger partial charge is 0.259 e. The van der Waals surface area contributed by atoms with Gasteiger partial charge in [-0.15, -0.1) is 10.2 Å². The Morgan fingerprint density at radius 3 is 2.83 bits per heavy atom. The third-order valence-corrected chi connectivity index (χ3v) is 6.03. The number of fused-ring (bicyclic) bond motifs is 1. The summed E-state index contributed by atoms with van der Waals surface area (Å²) in [6, 6.07) is 5.70. The van der Waals surface area contributed by atoms with Crippen LogP contribution in [0, 0.1) is 12.7 Å². The van der Waals surface area contributed by atoms with E-state index in [1.807, 2.05) is 6.07 Å². The van der Waals surface area contributed by atoms with E-state index in [-0.39, 0.29) is 24.2 Å². The zero-order valence-corrected chi connectivity index (χ0v) is 19.5. The first-order chi connectivity index (χ1) is 17.2. The van der Waals surface area contributed by atoms with E-state index < -0.39 is 23.7 Å². The van der Waals surface area contributed by atoms with Crippen LogP contribution in [0.3, 0.4) is 0 Å². The Morgan fingerprint density at radius 2 is 2.08 bits per heavy atom. The average molecular weight is 500 g/mol. The van der Waals surface area contributed by atoms with E-state index in [1.54, 1.807) is 30.8 Å². The highest BCUT2D eigenvalue weighted by atomic mass is 19.3. The maximum Gasteiger partial charge on any atom is 0.259 e. The number of pyridine rings is 1. The van der Waals surface area contributed by atoms with E-state index in [9.17, 15) is 18.0 Å². The highest BCUT2D eigenvalue weighted by molar-refractivity contribution is 6.09. The first kappa shape index (κ1) is 23.7. The molecule has 0 atom stereocenters. The van der Waals surface area contributed by atoms with Gasteiger partial charge in [-0.25, -0.2) is 17.7 Å². The molecule has 1 saturated carbocycles. The fraction of sp³-hybridized carbons (Fsp3) is 0.348. The Kier molecular flexibility index (Phi) is 6.08. The number of methoxy groups -OCH3 is 1. The van der Waals surface area contributed by atoms with Crippen LogP contribution in [0.4, 0.5) is 24.5 Å². The van der Waals surface area contributed by atoms with Gasteiger partial charge in [0.25, 0.3) is 11.8 Å². The van der Waals surface area contributed by atoms with Crippen LogP contribution in [-0.4, -0.2) is 61.9 Å². The van der Waals surface area contributed by atoms with Gasteiger partial charge < -0.3 is 15.4 Å². The van der Waals surface area contributed by atoms with E-state index in [4.69, 9.17) is 4.74 Å². The summed E-state index contributed by atoms with van der Waals surface area (Å²) in [5.41, 5.74) is 2.53. The van der Waals surface area contributed by atoms with E-state index in [1.165, 1.54) is 18.3 Å². The second-order valence-corrected chi connectivity index (χ2v) is 8.68. The minimum Gasteiger partial charge on any atom is -0.383 e. The highest BCUT2D eigenvalue weighted by Crippen LogP contribution is 2.44. The van der Waals surface area contributed by atoms with Gasteiger partial charge in [0, 0.05) is 44.1 Å². The summed E-state index contributed by atoms with van der Waals surface area (Å²) >= 11 is 0. The molecule has 10 nitrogen and oxygen atoms in total. The lowest BCUT2D eigenvalue weighted by Crippen LogP contribution is -2.38. The number of hydrogen-bond donors (Lipinski definition) is 2. The van der Waals surface area contributed by atoms with Crippen molar-refractivity contribution >= 4 is 22.8 Å². The van der Waals surface area contributed by atoms with Gasteiger partial charge in [-0.2, -0.15) is 9.90 Å². The number of rotatable bonds is 8. The largest absolute Gasteiger partial charge is 0.383 e. The van der Waals surface area contributed by atoms with Crippen molar-refractivity contribution in [3.8, 4) is 11.4 Å². The fourth-order valence-corrected chi connectivity index (χ4v) is 4.01. The first-order valence-electron chi connectivity index (χ1n) is 11.2. The Balaban J connectivity index is 1.38. The molecule has 5 rings (SSSR count). The number of nitrogens with zero attached hydrogens (tertiary/aromatic N) is 6. The number of hydrogen-bond acceptors (Lipinski definition) is 7. The predicted octanol–water partition coefficient (Wildman–Crippen LogP) is 3.72. The molecule has 0 saturated heterocycles. The van der Waals surface area contributed by atoms with Crippen LogP contribution in [0.15, 0.2) is 36.7 Å². The normalized spacial score (nSPS) is 15.1. The van der Waals surface area contributed by atoms with E-state index >= 15 is 0 Å². The standard InChI is InChI=1S/C23H23F3N8O2/c1-13-7-18(24)16(21-30-32-34(31-21)15-10-23(25,26)11-15)9-19(13)29-22(35)17-12-28-33-5-3-14(8-20(17)33)27-4-6-36-2/h3,5,7-9,12,15,27H,4,6,10-11H2,1-2H3,(H,29,35). The molecule has 3 aromatic heterocycles. The average Bonchev–Trinajstić information content (AvgIpc) is 3.46. The number of carbonyl (C=O) groups is 1. The summed E-state index contributed by atoms with van der Waals surface area (Å²) in [5.74, 6) is -3.86. The summed E-state index contributed by atoms with van der Waals surface area (Å²) in [6.07, 6.45) is 2.41. The molecular weight excluding hydrogens is 477 g/mol. The number of aryl methyl sites for hydroxylation is 1. The number of tetrazole rings is 1. The predicted molar refractivity (Wildman–Crippen MR) is 125 cm³/mol. The molecule has 0 aliphatic heterocycles. The molecule has 1 aromatic carbocycles. The Hall–Kier alpha value is -4.00. The Morgan fingerprint density at radius 1 is 1.28 bits per heavy atom. The molecule has 1 amide bonds. The van der Waals surface area contributed by atoms with Crippen molar-refractivity contribution < 1.29 is 22.7 Å². The SMILES string of the molecule is COCCNc1ccn2ncc(C(=O)Nc3cc(-c4nnn(C5CC(F)(F)C5)n4)c(F)cc3C)c2c1. The summed E-state index contributed by atoms with van der Waals surface area (Å²) in [4.78, 5) is 14.2. The van der Waals surface area contributed by atoms with Crippen molar-refractivity contribution in [1.82, 2.24) is 29.8 Å². The second kappa shape index (κ2) is 9.22. The van der Waals surface area contributed by atoms with Crippen molar-refractivity contribution in [1.29, 1.82) is 0 Å². The van der Waals surface area contributed by atoms with E-state index in [0.29, 0.717) is 35.5 Å². The van der Waals surface area contributed by atoms with E-state index in [2.05, 4.69) is 31.1 Å². The van der Waals surface area contributed by atoms with Gasteiger partial charge in [0.1, 0.15) is 5.82 Å². The second-order valence-electron chi connectivity index (χ2n) is 8.68. The van der Waals surface area contributed by atoms with Crippen molar-refractivity contribution in [3.05, 3.63) is 53.6 Å². The number of benzene rings is 1. The number of aromatic nitrogens is 6. The quantitative estimate of drug-likeness (QED) is 0.355. The van der Waals surface area contributed by atoms with Gasteiger partial charge in [0.2, 0.25) is 5.82 Å². The number of carbonyl (C=O) groups excluding carboxylic acids is 1.